The summed E-state index contributed by atoms with van der Waals surface area (Å²) in [7, 11) is 0. The molecule has 2 fully saturated rings. The molecule has 4 aromatic rings. The molecule has 1 amide bonds. The summed E-state index contributed by atoms with van der Waals surface area (Å²) in [6.07, 6.45) is 3.27. The SMILES string of the molecule is Cc1ccnc(C(C)C)c1-n1c(=O)nc(N2CCN(C(=O)OC(C)(C)C)C[C@@H]2C)c2cc(C3CC3)c(-c3cc(Cl)ccc3F)nc21. The maximum absolute atomic E-state index is 15.4. The van der Waals surface area contributed by atoms with Gasteiger partial charge in [-0.05, 0) is 101 Å². The summed E-state index contributed by atoms with van der Waals surface area (Å²) in [5.41, 5.74) is 3.12. The molecule has 3 aromatic heterocycles. The fraction of sp³-hybridized carbons (Fsp3) is 0.457. The number of fused-ring (bicyclic) bond motifs is 1. The van der Waals surface area contributed by atoms with E-state index in [4.69, 9.17) is 26.3 Å². The number of carbonyl (C=O) groups is 1. The summed E-state index contributed by atoms with van der Waals surface area (Å²) < 4.78 is 22.6. The molecule has 9 nitrogen and oxygen atoms in total. The molecule has 1 saturated carbocycles. The van der Waals surface area contributed by atoms with E-state index in [0.29, 0.717) is 58.5 Å². The molecule has 1 saturated heterocycles. The molecular formula is C35H40ClFN6O3. The molecule has 1 aromatic carbocycles. The van der Waals surface area contributed by atoms with Crippen molar-refractivity contribution in [3.8, 4) is 16.9 Å². The maximum Gasteiger partial charge on any atom is 0.410 e. The molecular weight excluding hydrogens is 607 g/mol. The molecule has 2 aliphatic rings. The number of nitrogens with zero attached hydrogens (tertiary/aromatic N) is 6. The normalized spacial score (nSPS) is 17.2. The van der Waals surface area contributed by atoms with E-state index in [2.05, 4.69) is 9.88 Å². The number of halogens is 2. The first-order valence-electron chi connectivity index (χ1n) is 15.9. The van der Waals surface area contributed by atoms with Gasteiger partial charge in [0.25, 0.3) is 0 Å². The maximum atomic E-state index is 15.4. The van der Waals surface area contributed by atoms with Crippen LogP contribution in [0.15, 0.2) is 41.3 Å². The molecule has 0 spiro atoms. The topological polar surface area (TPSA) is 93.5 Å². The van der Waals surface area contributed by atoms with E-state index in [-0.39, 0.29) is 24.0 Å². The lowest BCUT2D eigenvalue weighted by molar-refractivity contribution is 0.0218. The number of ether oxygens (including phenoxy) is 1. The van der Waals surface area contributed by atoms with Crippen LogP contribution in [0.4, 0.5) is 15.0 Å². The van der Waals surface area contributed by atoms with Gasteiger partial charge in [-0.2, -0.15) is 4.98 Å². The molecule has 0 bridgehead atoms. The molecule has 242 valence electrons. The summed E-state index contributed by atoms with van der Waals surface area (Å²) >= 11 is 6.36. The highest BCUT2D eigenvalue weighted by atomic mass is 35.5. The largest absolute Gasteiger partial charge is 0.444 e. The van der Waals surface area contributed by atoms with Crippen molar-refractivity contribution >= 4 is 34.5 Å². The van der Waals surface area contributed by atoms with Crippen LogP contribution in [0.3, 0.4) is 0 Å². The Hall–Kier alpha value is -4.05. The number of rotatable bonds is 5. The van der Waals surface area contributed by atoms with E-state index in [1.54, 1.807) is 17.2 Å². The first-order chi connectivity index (χ1) is 21.7. The lowest BCUT2D eigenvalue weighted by Gasteiger charge is -2.41. The molecule has 46 heavy (non-hydrogen) atoms. The smallest absolute Gasteiger partial charge is 0.410 e. The molecule has 0 unspecified atom stereocenters. The first kappa shape index (κ1) is 31.9. The summed E-state index contributed by atoms with van der Waals surface area (Å²) in [5, 5.41) is 1.08. The number of benzene rings is 1. The van der Waals surface area contributed by atoms with Crippen molar-refractivity contribution < 1.29 is 13.9 Å². The fourth-order valence-electron chi connectivity index (χ4n) is 6.22. The minimum Gasteiger partial charge on any atom is -0.444 e. The standard InChI is InChI=1S/C35H40ClFN6O3/c1-19(2)28-30(20(3)12-13-38-28)43-32-26(17-24(22-8-9-22)29(39-32)25-16-23(36)10-11-27(25)37)31(40-33(43)44)42-15-14-41(18-21(42)4)34(45)46-35(5,6)7/h10-13,16-17,19,21-22H,8-9,14-15,18H2,1-7H3/t21-/m0/s1. The van der Waals surface area contributed by atoms with Crippen LogP contribution in [-0.2, 0) is 4.74 Å². The minimum absolute atomic E-state index is 0.00747. The van der Waals surface area contributed by atoms with Crippen molar-refractivity contribution in [3.63, 3.8) is 0 Å². The van der Waals surface area contributed by atoms with Crippen LogP contribution in [0.25, 0.3) is 28.0 Å². The van der Waals surface area contributed by atoms with Gasteiger partial charge >= 0.3 is 11.8 Å². The Labute approximate surface area is 273 Å². The number of amides is 1. The van der Waals surface area contributed by atoms with Gasteiger partial charge in [0.05, 0.1) is 22.5 Å². The van der Waals surface area contributed by atoms with Gasteiger partial charge in [-0.15, -0.1) is 0 Å². The summed E-state index contributed by atoms with van der Waals surface area (Å²) in [4.78, 5) is 45.4. The number of piperazine rings is 1. The highest BCUT2D eigenvalue weighted by Gasteiger charge is 2.35. The molecule has 0 N–H and O–H groups in total. The lowest BCUT2D eigenvalue weighted by atomic mass is 9.99. The molecule has 1 aliphatic carbocycles. The summed E-state index contributed by atoms with van der Waals surface area (Å²) in [5.74, 6) is 0.265. The number of hydrogen-bond acceptors (Lipinski definition) is 7. The summed E-state index contributed by atoms with van der Waals surface area (Å²) in [6.45, 7) is 14.8. The zero-order valence-corrected chi connectivity index (χ0v) is 28.2. The number of carbonyl (C=O) groups excluding carboxylic acids is 1. The third-order valence-corrected chi connectivity index (χ3v) is 8.79. The average Bonchev–Trinajstić information content (AvgIpc) is 3.82. The third kappa shape index (κ3) is 6.07. The first-order valence-corrected chi connectivity index (χ1v) is 16.2. The molecule has 1 aliphatic heterocycles. The van der Waals surface area contributed by atoms with Crippen molar-refractivity contribution in [1.29, 1.82) is 0 Å². The van der Waals surface area contributed by atoms with Crippen molar-refractivity contribution in [3.05, 3.63) is 74.7 Å². The second kappa shape index (κ2) is 12.0. The minimum atomic E-state index is -0.607. The summed E-state index contributed by atoms with van der Waals surface area (Å²) in [6, 6.07) is 8.17. The van der Waals surface area contributed by atoms with Gasteiger partial charge in [-0.3, -0.25) is 4.98 Å². The highest BCUT2D eigenvalue weighted by Crippen LogP contribution is 2.46. The molecule has 0 radical (unpaired) electrons. The average molecular weight is 647 g/mol. The predicted molar refractivity (Wildman–Crippen MR) is 179 cm³/mol. The zero-order valence-electron chi connectivity index (χ0n) is 27.4. The quantitative estimate of drug-likeness (QED) is 0.223. The van der Waals surface area contributed by atoms with Gasteiger partial charge in [-0.1, -0.05) is 25.4 Å². The van der Waals surface area contributed by atoms with Gasteiger partial charge in [0.15, 0.2) is 5.65 Å². The van der Waals surface area contributed by atoms with Crippen molar-refractivity contribution in [1.82, 2.24) is 24.4 Å². The number of pyridine rings is 2. The van der Waals surface area contributed by atoms with Crippen LogP contribution >= 0.6 is 11.6 Å². The Balaban J connectivity index is 1.59. The van der Waals surface area contributed by atoms with E-state index < -0.39 is 17.1 Å². The predicted octanol–water partition coefficient (Wildman–Crippen LogP) is 7.39. The van der Waals surface area contributed by atoms with E-state index in [9.17, 15) is 9.59 Å². The molecule has 1 atom stereocenters. The number of hydrogen-bond donors (Lipinski definition) is 0. The van der Waals surface area contributed by atoms with E-state index in [0.717, 1.165) is 29.7 Å². The van der Waals surface area contributed by atoms with Crippen LogP contribution in [0.1, 0.15) is 83.0 Å². The Bertz CT molecular complexity index is 1900. The van der Waals surface area contributed by atoms with Gasteiger partial charge in [-0.25, -0.2) is 23.5 Å². The Morgan fingerprint density at radius 2 is 1.85 bits per heavy atom. The van der Waals surface area contributed by atoms with E-state index in [1.165, 1.54) is 16.7 Å². The van der Waals surface area contributed by atoms with Gasteiger partial charge < -0.3 is 14.5 Å². The second-order valence-electron chi connectivity index (χ2n) is 13.7. The third-order valence-electron chi connectivity index (χ3n) is 8.55. The van der Waals surface area contributed by atoms with Gasteiger partial charge in [0.2, 0.25) is 0 Å². The van der Waals surface area contributed by atoms with Crippen molar-refractivity contribution in [2.75, 3.05) is 24.5 Å². The number of aryl methyl sites for hydroxylation is 1. The van der Waals surface area contributed by atoms with Gasteiger partial charge in [0, 0.05) is 42.5 Å². The Kier molecular flexibility index (Phi) is 8.29. The second-order valence-corrected chi connectivity index (χ2v) is 14.2. The van der Waals surface area contributed by atoms with Crippen molar-refractivity contribution in [2.24, 2.45) is 0 Å². The molecule has 6 rings (SSSR count). The molecule has 4 heterocycles. The van der Waals surface area contributed by atoms with Crippen LogP contribution in [0, 0.1) is 12.7 Å². The van der Waals surface area contributed by atoms with Crippen LogP contribution in [0.5, 0.6) is 0 Å². The van der Waals surface area contributed by atoms with Crippen LogP contribution in [-0.4, -0.2) is 61.8 Å². The molecule has 11 heteroatoms. The van der Waals surface area contributed by atoms with Crippen LogP contribution < -0.4 is 10.6 Å². The van der Waals surface area contributed by atoms with Crippen LogP contribution in [0.2, 0.25) is 5.02 Å². The number of anilines is 1. The highest BCUT2D eigenvalue weighted by molar-refractivity contribution is 6.30. The monoisotopic (exact) mass is 646 g/mol. The van der Waals surface area contributed by atoms with Gasteiger partial charge in [0.1, 0.15) is 17.2 Å². The van der Waals surface area contributed by atoms with E-state index >= 15 is 4.39 Å². The number of aromatic nitrogens is 4. The Morgan fingerprint density at radius 1 is 1.11 bits per heavy atom. The Morgan fingerprint density at radius 3 is 2.50 bits per heavy atom. The lowest BCUT2D eigenvalue weighted by Crippen LogP contribution is -2.55. The fourth-order valence-corrected chi connectivity index (χ4v) is 6.39. The zero-order chi connectivity index (χ0) is 33.1. The van der Waals surface area contributed by atoms with Crippen molar-refractivity contribution in [2.45, 2.75) is 84.8 Å². The van der Waals surface area contributed by atoms with E-state index in [1.807, 2.05) is 60.6 Å².